The standard InChI is InChI=1S/C18H34O4/c1-12-9-14(20)10-18(5,6)15(12)8-7-13(19)11-22-16(21)17(2,3)4/h12-15,19-20H,7-11H2,1-6H3/t12-,13+,14+,15+/m1/s1. The van der Waals surface area contributed by atoms with E-state index in [1.807, 2.05) is 0 Å². The van der Waals surface area contributed by atoms with Gasteiger partial charge in [-0.05, 0) is 63.7 Å². The SMILES string of the molecule is C[C@@H]1C[C@H](O)CC(C)(C)[C@H]1CC[C@H](O)COC(=O)C(C)(C)C. The predicted molar refractivity (Wildman–Crippen MR) is 87.3 cm³/mol. The molecule has 130 valence electrons. The molecule has 1 aliphatic rings. The maximum atomic E-state index is 11.7. The average molecular weight is 314 g/mol. The smallest absolute Gasteiger partial charge is 0.311 e. The molecule has 4 atom stereocenters. The van der Waals surface area contributed by atoms with Gasteiger partial charge in [-0.25, -0.2) is 0 Å². The van der Waals surface area contributed by atoms with Gasteiger partial charge >= 0.3 is 5.97 Å². The summed E-state index contributed by atoms with van der Waals surface area (Å²) in [5.41, 5.74) is -0.450. The molecule has 4 nitrogen and oxygen atoms in total. The average Bonchev–Trinajstić information content (AvgIpc) is 2.32. The Hall–Kier alpha value is -0.610. The van der Waals surface area contributed by atoms with E-state index in [2.05, 4.69) is 20.8 Å². The van der Waals surface area contributed by atoms with Crippen LogP contribution in [0.25, 0.3) is 0 Å². The number of esters is 1. The van der Waals surface area contributed by atoms with Crippen LogP contribution in [0.15, 0.2) is 0 Å². The van der Waals surface area contributed by atoms with Crippen molar-refractivity contribution in [2.24, 2.45) is 22.7 Å². The van der Waals surface area contributed by atoms with Crippen molar-refractivity contribution in [3.8, 4) is 0 Å². The third-order valence-corrected chi connectivity index (χ3v) is 4.93. The fraction of sp³-hybridized carbons (Fsp3) is 0.944. The van der Waals surface area contributed by atoms with E-state index in [1.54, 1.807) is 20.8 Å². The van der Waals surface area contributed by atoms with Gasteiger partial charge in [0.25, 0.3) is 0 Å². The quantitative estimate of drug-likeness (QED) is 0.765. The van der Waals surface area contributed by atoms with Crippen LogP contribution in [0.5, 0.6) is 0 Å². The van der Waals surface area contributed by atoms with E-state index in [1.165, 1.54) is 0 Å². The molecular weight excluding hydrogens is 280 g/mol. The Bertz CT molecular complexity index is 370. The van der Waals surface area contributed by atoms with Crippen LogP contribution in [0.2, 0.25) is 0 Å². The minimum Gasteiger partial charge on any atom is -0.463 e. The number of rotatable bonds is 5. The molecule has 0 heterocycles. The molecule has 0 bridgehead atoms. The minimum absolute atomic E-state index is 0.0697. The highest BCUT2D eigenvalue weighted by molar-refractivity contribution is 5.75. The number of aliphatic hydroxyl groups is 2. The van der Waals surface area contributed by atoms with Crippen LogP contribution in [-0.4, -0.2) is 35.0 Å². The molecule has 0 saturated heterocycles. The Morgan fingerprint density at radius 2 is 1.95 bits per heavy atom. The fourth-order valence-corrected chi connectivity index (χ4v) is 3.72. The number of carbonyl (C=O) groups excluding carboxylic acids is 1. The molecule has 2 N–H and O–H groups in total. The summed E-state index contributed by atoms with van der Waals surface area (Å²) in [7, 11) is 0. The zero-order valence-electron chi connectivity index (χ0n) is 15.1. The summed E-state index contributed by atoms with van der Waals surface area (Å²) in [6.07, 6.45) is 2.36. The van der Waals surface area contributed by atoms with Crippen molar-refractivity contribution in [1.29, 1.82) is 0 Å². The number of carbonyl (C=O) groups is 1. The molecule has 0 unspecified atom stereocenters. The normalized spacial score (nSPS) is 29.9. The van der Waals surface area contributed by atoms with Crippen LogP contribution in [0.4, 0.5) is 0 Å². The fourth-order valence-electron chi connectivity index (χ4n) is 3.72. The Kier molecular flexibility index (Phi) is 6.46. The van der Waals surface area contributed by atoms with Gasteiger partial charge in [0.2, 0.25) is 0 Å². The second kappa shape index (κ2) is 7.31. The van der Waals surface area contributed by atoms with Crippen molar-refractivity contribution >= 4 is 5.97 Å². The van der Waals surface area contributed by atoms with Crippen LogP contribution in [0.1, 0.15) is 67.2 Å². The Labute approximate surface area is 135 Å². The first-order valence-electron chi connectivity index (χ1n) is 8.47. The van der Waals surface area contributed by atoms with Crippen LogP contribution >= 0.6 is 0 Å². The van der Waals surface area contributed by atoms with Crippen molar-refractivity contribution in [2.75, 3.05) is 6.61 Å². The predicted octanol–water partition coefficient (Wildman–Crippen LogP) is 3.15. The van der Waals surface area contributed by atoms with Crippen molar-refractivity contribution in [1.82, 2.24) is 0 Å². The summed E-state index contributed by atoms with van der Waals surface area (Å²) in [6, 6.07) is 0. The molecule has 0 aliphatic heterocycles. The van der Waals surface area contributed by atoms with E-state index < -0.39 is 11.5 Å². The number of hydrogen-bond donors (Lipinski definition) is 2. The summed E-state index contributed by atoms with van der Waals surface area (Å²) in [4.78, 5) is 11.7. The topological polar surface area (TPSA) is 66.8 Å². The molecule has 1 aliphatic carbocycles. The maximum absolute atomic E-state index is 11.7. The van der Waals surface area contributed by atoms with Gasteiger partial charge in [-0.1, -0.05) is 20.8 Å². The van der Waals surface area contributed by atoms with Gasteiger partial charge in [-0.15, -0.1) is 0 Å². The van der Waals surface area contributed by atoms with E-state index in [9.17, 15) is 15.0 Å². The monoisotopic (exact) mass is 314 g/mol. The van der Waals surface area contributed by atoms with Crippen LogP contribution < -0.4 is 0 Å². The van der Waals surface area contributed by atoms with Gasteiger partial charge in [-0.3, -0.25) is 4.79 Å². The third-order valence-electron chi connectivity index (χ3n) is 4.93. The number of hydrogen-bond acceptors (Lipinski definition) is 4. The van der Waals surface area contributed by atoms with Crippen LogP contribution in [0, 0.1) is 22.7 Å². The van der Waals surface area contributed by atoms with E-state index in [0.29, 0.717) is 18.3 Å². The molecule has 22 heavy (non-hydrogen) atoms. The molecule has 1 fully saturated rings. The van der Waals surface area contributed by atoms with Crippen LogP contribution in [-0.2, 0) is 9.53 Å². The molecule has 0 amide bonds. The highest BCUT2D eigenvalue weighted by atomic mass is 16.5. The molecule has 1 rings (SSSR count). The molecule has 4 heteroatoms. The second-order valence-electron chi connectivity index (χ2n) is 8.75. The summed E-state index contributed by atoms with van der Waals surface area (Å²) >= 11 is 0. The Morgan fingerprint density at radius 3 is 2.45 bits per heavy atom. The van der Waals surface area contributed by atoms with E-state index in [4.69, 9.17) is 4.74 Å². The van der Waals surface area contributed by atoms with Crippen molar-refractivity contribution in [3.05, 3.63) is 0 Å². The van der Waals surface area contributed by atoms with E-state index in [0.717, 1.165) is 19.3 Å². The van der Waals surface area contributed by atoms with Gasteiger partial charge in [-0.2, -0.15) is 0 Å². The lowest BCUT2D eigenvalue weighted by Gasteiger charge is -2.45. The first kappa shape index (κ1) is 19.4. The number of ether oxygens (including phenoxy) is 1. The lowest BCUT2D eigenvalue weighted by molar-refractivity contribution is -0.156. The summed E-state index contributed by atoms with van der Waals surface area (Å²) < 4.78 is 5.18. The van der Waals surface area contributed by atoms with Crippen molar-refractivity contribution < 1.29 is 19.7 Å². The molecule has 0 aromatic heterocycles. The number of aliphatic hydroxyl groups excluding tert-OH is 2. The largest absolute Gasteiger partial charge is 0.463 e. The van der Waals surface area contributed by atoms with Crippen molar-refractivity contribution in [3.63, 3.8) is 0 Å². The first-order valence-corrected chi connectivity index (χ1v) is 8.47. The summed E-state index contributed by atoms with van der Waals surface area (Å²) in [6.45, 7) is 12.1. The molecule has 0 aromatic carbocycles. The molecule has 0 aromatic rings. The highest BCUT2D eigenvalue weighted by Crippen LogP contribution is 2.46. The molecular formula is C18H34O4. The molecule has 0 spiro atoms. The highest BCUT2D eigenvalue weighted by Gasteiger charge is 2.40. The lowest BCUT2D eigenvalue weighted by atomic mass is 9.61. The van der Waals surface area contributed by atoms with E-state index in [-0.39, 0.29) is 24.1 Å². The van der Waals surface area contributed by atoms with E-state index >= 15 is 0 Å². The van der Waals surface area contributed by atoms with Gasteiger partial charge in [0.05, 0.1) is 17.6 Å². The summed E-state index contributed by atoms with van der Waals surface area (Å²) in [5, 5.41) is 20.0. The zero-order chi connectivity index (χ0) is 17.1. The Morgan fingerprint density at radius 1 is 1.36 bits per heavy atom. The van der Waals surface area contributed by atoms with Crippen LogP contribution in [0.3, 0.4) is 0 Å². The molecule has 0 radical (unpaired) electrons. The van der Waals surface area contributed by atoms with Gasteiger partial charge < -0.3 is 14.9 Å². The van der Waals surface area contributed by atoms with Gasteiger partial charge in [0.15, 0.2) is 0 Å². The van der Waals surface area contributed by atoms with Crippen molar-refractivity contribution in [2.45, 2.75) is 79.4 Å². The lowest BCUT2D eigenvalue weighted by Crippen LogP contribution is -2.40. The third kappa shape index (κ3) is 5.54. The minimum atomic E-state index is -0.610. The molecule has 1 saturated carbocycles. The first-order chi connectivity index (χ1) is 9.93. The second-order valence-corrected chi connectivity index (χ2v) is 8.75. The maximum Gasteiger partial charge on any atom is 0.311 e. The van der Waals surface area contributed by atoms with Gasteiger partial charge in [0, 0.05) is 0 Å². The zero-order valence-corrected chi connectivity index (χ0v) is 15.1. The van der Waals surface area contributed by atoms with Gasteiger partial charge in [0.1, 0.15) is 6.61 Å². The Balaban J connectivity index is 2.43. The summed E-state index contributed by atoms with van der Waals surface area (Å²) in [5.74, 6) is 0.646.